The molecular formula is C7H6F8. The molecule has 0 nitrogen and oxygen atoms in total. The molecule has 0 aromatic rings. The number of rotatable bonds is 5. The second kappa shape index (κ2) is 4.36. The highest BCUT2D eigenvalue weighted by Gasteiger charge is 2.63. The molecule has 2 unspecified atom stereocenters. The number of halogens is 8. The predicted molar refractivity (Wildman–Crippen MR) is 35.9 cm³/mol. The Kier molecular flexibility index (Phi) is 4.12. The lowest BCUT2D eigenvalue weighted by atomic mass is 10.0. The zero-order chi connectivity index (χ0) is 12.4. The third kappa shape index (κ3) is 2.60. The quantitative estimate of drug-likeness (QED) is 0.512. The van der Waals surface area contributed by atoms with Gasteiger partial charge in [0.2, 0.25) is 6.17 Å². The summed E-state index contributed by atoms with van der Waals surface area (Å²) in [5, 5.41) is 0. The summed E-state index contributed by atoms with van der Waals surface area (Å²) >= 11 is 0. The van der Waals surface area contributed by atoms with Crippen LogP contribution in [0.15, 0.2) is 12.7 Å². The Bertz CT molecular complexity index is 223. The first-order chi connectivity index (χ1) is 6.58. The molecule has 0 fully saturated rings. The average molecular weight is 242 g/mol. The van der Waals surface area contributed by atoms with Gasteiger partial charge in [0.25, 0.3) is 0 Å². The molecule has 0 rings (SSSR count). The van der Waals surface area contributed by atoms with Gasteiger partial charge in [0.1, 0.15) is 0 Å². The molecule has 0 aliphatic heterocycles. The van der Waals surface area contributed by atoms with Crippen LogP contribution in [0.4, 0.5) is 35.1 Å². The molecule has 8 heteroatoms. The van der Waals surface area contributed by atoms with E-state index in [0.29, 0.717) is 0 Å². The summed E-state index contributed by atoms with van der Waals surface area (Å²) in [6.07, 6.45) is -12.9. The molecule has 0 bridgehead atoms. The van der Waals surface area contributed by atoms with E-state index in [1.807, 2.05) is 0 Å². The van der Waals surface area contributed by atoms with Gasteiger partial charge < -0.3 is 0 Å². The Morgan fingerprint density at radius 3 is 1.53 bits per heavy atom. The van der Waals surface area contributed by atoms with Crippen LogP contribution in [0.25, 0.3) is 0 Å². The molecule has 15 heavy (non-hydrogen) atoms. The molecule has 2 atom stereocenters. The lowest BCUT2D eigenvalue weighted by molar-refractivity contribution is -0.241. The van der Waals surface area contributed by atoms with Crippen LogP contribution in [0.2, 0.25) is 0 Å². The molecule has 0 aliphatic rings. The van der Waals surface area contributed by atoms with Gasteiger partial charge in [-0.1, -0.05) is 12.7 Å². The smallest absolute Gasteiger partial charge is 0.236 e. The second-order valence-electron chi connectivity index (χ2n) is 2.65. The molecule has 0 aromatic carbocycles. The van der Waals surface area contributed by atoms with Gasteiger partial charge in [-0.3, -0.25) is 0 Å². The number of alkyl halides is 8. The summed E-state index contributed by atoms with van der Waals surface area (Å²) in [6.45, 7) is 2.48. The van der Waals surface area contributed by atoms with Crippen LogP contribution in [0.3, 0.4) is 0 Å². The largest absolute Gasteiger partial charge is 0.343 e. The normalized spacial score (nSPS) is 17.7. The zero-order valence-electron chi connectivity index (χ0n) is 7.04. The zero-order valence-corrected chi connectivity index (χ0v) is 7.04. The van der Waals surface area contributed by atoms with Gasteiger partial charge in [-0.05, 0) is 0 Å². The van der Waals surface area contributed by atoms with E-state index in [9.17, 15) is 35.1 Å². The van der Waals surface area contributed by atoms with E-state index >= 15 is 0 Å². The van der Waals surface area contributed by atoms with E-state index < -0.39 is 30.6 Å². The molecule has 0 spiro atoms. The van der Waals surface area contributed by atoms with E-state index in [0.717, 1.165) is 0 Å². The van der Waals surface area contributed by atoms with E-state index in [4.69, 9.17) is 0 Å². The number of hydrogen-bond acceptors (Lipinski definition) is 0. The molecule has 0 radical (unpaired) electrons. The Balaban J connectivity index is 4.98. The standard InChI is InChI=1S/C7H6F8/c1-2-3(8)6(12,13)4(9)7(14,15)5(10)11/h2-5H,1H2. The van der Waals surface area contributed by atoms with Crippen molar-refractivity contribution in [2.75, 3.05) is 0 Å². The van der Waals surface area contributed by atoms with E-state index in [-0.39, 0.29) is 6.08 Å². The summed E-state index contributed by atoms with van der Waals surface area (Å²) in [7, 11) is 0. The molecule has 0 heterocycles. The number of hydrogen-bond donors (Lipinski definition) is 0. The molecule has 0 saturated heterocycles. The van der Waals surface area contributed by atoms with Crippen LogP contribution in [0, 0.1) is 0 Å². The van der Waals surface area contributed by atoms with Gasteiger partial charge in [-0.25, -0.2) is 17.6 Å². The fourth-order valence-electron chi connectivity index (χ4n) is 0.664. The molecule has 0 saturated carbocycles. The summed E-state index contributed by atoms with van der Waals surface area (Å²) in [4.78, 5) is 0. The summed E-state index contributed by atoms with van der Waals surface area (Å²) in [5.41, 5.74) is 0. The van der Waals surface area contributed by atoms with Crippen LogP contribution < -0.4 is 0 Å². The predicted octanol–water partition coefficient (Wildman–Crippen LogP) is 3.38. The third-order valence-electron chi connectivity index (χ3n) is 1.54. The summed E-state index contributed by atoms with van der Waals surface area (Å²) < 4.78 is 96.7. The van der Waals surface area contributed by atoms with Crippen molar-refractivity contribution in [1.82, 2.24) is 0 Å². The maximum Gasteiger partial charge on any atom is 0.343 e. The van der Waals surface area contributed by atoms with Crippen LogP contribution in [-0.2, 0) is 0 Å². The van der Waals surface area contributed by atoms with Gasteiger partial charge >= 0.3 is 18.3 Å². The highest BCUT2D eigenvalue weighted by atomic mass is 19.3. The van der Waals surface area contributed by atoms with Crippen molar-refractivity contribution in [3.63, 3.8) is 0 Å². The molecule has 0 amide bonds. The highest BCUT2D eigenvalue weighted by Crippen LogP contribution is 2.40. The Hall–Kier alpha value is -0.820. The first-order valence-electron chi connectivity index (χ1n) is 3.53. The van der Waals surface area contributed by atoms with Crippen LogP contribution >= 0.6 is 0 Å². The topological polar surface area (TPSA) is 0 Å². The second-order valence-corrected chi connectivity index (χ2v) is 2.65. The lowest BCUT2D eigenvalue weighted by Crippen LogP contribution is -2.52. The van der Waals surface area contributed by atoms with Gasteiger partial charge in [0, 0.05) is 0 Å². The first-order valence-corrected chi connectivity index (χ1v) is 3.53. The van der Waals surface area contributed by atoms with Crippen molar-refractivity contribution in [3.8, 4) is 0 Å². The van der Waals surface area contributed by atoms with Gasteiger partial charge in [0.05, 0.1) is 0 Å². The van der Waals surface area contributed by atoms with Crippen molar-refractivity contribution in [1.29, 1.82) is 0 Å². The van der Waals surface area contributed by atoms with Crippen molar-refractivity contribution in [2.45, 2.75) is 30.6 Å². The minimum atomic E-state index is -5.61. The maximum absolute atomic E-state index is 12.4. The summed E-state index contributed by atoms with van der Waals surface area (Å²) in [6, 6.07) is 0. The lowest BCUT2D eigenvalue weighted by Gasteiger charge is -2.27. The van der Waals surface area contributed by atoms with Crippen LogP contribution in [0.5, 0.6) is 0 Å². The van der Waals surface area contributed by atoms with E-state index in [1.54, 1.807) is 0 Å². The van der Waals surface area contributed by atoms with E-state index in [1.165, 1.54) is 0 Å². The van der Waals surface area contributed by atoms with Crippen molar-refractivity contribution in [3.05, 3.63) is 12.7 Å². The van der Waals surface area contributed by atoms with E-state index in [2.05, 4.69) is 6.58 Å². The first kappa shape index (κ1) is 14.2. The van der Waals surface area contributed by atoms with Crippen LogP contribution in [-0.4, -0.2) is 30.6 Å². The van der Waals surface area contributed by atoms with Crippen LogP contribution in [0.1, 0.15) is 0 Å². The fraction of sp³-hybridized carbons (Fsp3) is 0.714. The van der Waals surface area contributed by atoms with Gasteiger partial charge in [-0.2, -0.15) is 17.6 Å². The average Bonchev–Trinajstić information content (AvgIpc) is 2.14. The minimum absolute atomic E-state index is 0.145. The van der Waals surface area contributed by atoms with Crippen molar-refractivity contribution < 1.29 is 35.1 Å². The fourth-order valence-corrected chi connectivity index (χ4v) is 0.664. The minimum Gasteiger partial charge on any atom is -0.236 e. The monoisotopic (exact) mass is 242 g/mol. The van der Waals surface area contributed by atoms with Gasteiger partial charge in [0.15, 0.2) is 6.17 Å². The Morgan fingerprint density at radius 1 is 0.867 bits per heavy atom. The molecule has 0 aliphatic carbocycles. The SMILES string of the molecule is C=CC(F)C(F)(F)C(F)C(F)(F)C(F)F. The van der Waals surface area contributed by atoms with Crippen molar-refractivity contribution in [2.24, 2.45) is 0 Å². The Labute approximate surface area is 79.6 Å². The highest BCUT2D eigenvalue weighted by molar-refractivity contribution is 5.00. The Morgan fingerprint density at radius 2 is 1.27 bits per heavy atom. The number of allylic oxidation sites excluding steroid dienone is 1. The maximum atomic E-state index is 12.4. The van der Waals surface area contributed by atoms with Gasteiger partial charge in [-0.15, -0.1) is 0 Å². The van der Waals surface area contributed by atoms with Crippen molar-refractivity contribution >= 4 is 0 Å². The molecule has 0 N–H and O–H groups in total. The molecule has 0 aromatic heterocycles. The molecule has 90 valence electrons. The molecular weight excluding hydrogens is 236 g/mol. The summed E-state index contributed by atoms with van der Waals surface area (Å²) in [5.74, 6) is -10.9. The third-order valence-corrected chi connectivity index (χ3v) is 1.54.